The Kier molecular flexibility index (Phi) is 8.88. The van der Waals surface area contributed by atoms with Crippen LogP contribution in [0.2, 0.25) is 0 Å². The van der Waals surface area contributed by atoms with Gasteiger partial charge in [-0.3, -0.25) is 4.79 Å². The molecule has 0 saturated heterocycles. The molecule has 1 rings (SSSR count). The summed E-state index contributed by atoms with van der Waals surface area (Å²) in [6, 6.07) is 0. The molecule has 0 saturated carbocycles. The lowest BCUT2D eigenvalue weighted by molar-refractivity contribution is -0.118. The predicted octanol–water partition coefficient (Wildman–Crippen LogP) is 1.66. The zero-order valence-electron chi connectivity index (χ0n) is 11.6. The molecular weight excluding hydrogens is 286 g/mol. The number of halogens is 1. The van der Waals surface area contributed by atoms with Gasteiger partial charge in [0.2, 0.25) is 5.91 Å². The summed E-state index contributed by atoms with van der Waals surface area (Å²) in [6.45, 7) is 7.04. The molecule has 5 nitrogen and oxygen atoms in total. The van der Waals surface area contributed by atoms with Crippen molar-refractivity contribution in [3.8, 4) is 0 Å². The average Bonchev–Trinajstić information content (AvgIpc) is 2.67. The lowest BCUT2D eigenvalue weighted by Crippen LogP contribution is -2.32. The van der Waals surface area contributed by atoms with Crippen molar-refractivity contribution in [2.24, 2.45) is 11.7 Å². The van der Waals surface area contributed by atoms with Crippen molar-refractivity contribution in [3.05, 3.63) is 17.0 Å². The molecule has 1 heterocycles. The van der Waals surface area contributed by atoms with Crippen LogP contribution in [0, 0.1) is 19.8 Å². The second-order valence-corrected chi connectivity index (χ2v) is 5.43. The summed E-state index contributed by atoms with van der Waals surface area (Å²) in [5.74, 6) is 2.40. The Bertz CT molecular complexity index is 379. The van der Waals surface area contributed by atoms with Gasteiger partial charge in [-0.2, -0.15) is 0 Å². The summed E-state index contributed by atoms with van der Waals surface area (Å²) in [5, 5.41) is 6.75. The third-order valence-electron chi connectivity index (χ3n) is 2.71. The molecule has 110 valence electrons. The molecule has 1 amide bonds. The van der Waals surface area contributed by atoms with E-state index in [-0.39, 0.29) is 18.3 Å². The smallest absolute Gasteiger partial charge is 0.230 e. The van der Waals surface area contributed by atoms with E-state index in [1.165, 1.54) is 0 Å². The van der Waals surface area contributed by atoms with Gasteiger partial charge in [0.1, 0.15) is 5.76 Å². The van der Waals surface area contributed by atoms with Crippen LogP contribution in [-0.2, 0) is 10.5 Å². The second-order valence-electron chi connectivity index (χ2n) is 4.44. The highest BCUT2D eigenvalue weighted by Crippen LogP contribution is 2.19. The quantitative estimate of drug-likeness (QED) is 0.800. The Morgan fingerprint density at radius 3 is 2.74 bits per heavy atom. The van der Waals surface area contributed by atoms with Crippen LogP contribution in [0.15, 0.2) is 4.52 Å². The van der Waals surface area contributed by atoms with Crippen LogP contribution in [0.1, 0.15) is 23.9 Å². The third kappa shape index (κ3) is 6.31. The molecule has 19 heavy (non-hydrogen) atoms. The Hall–Kier alpha value is -0.720. The van der Waals surface area contributed by atoms with E-state index < -0.39 is 0 Å². The highest BCUT2D eigenvalue weighted by molar-refractivity contribution is 7.99. The standard InChI is InChI=1S/C12H21N3O2S.ClH/c1-8(4-13)5-14-12(16)7-18-6-11-9(2)15-17-10(11)3;/h8H,4-7,13H2,1-3H3,(H,14,16);1H. The third-order valence-corrected chi connectivity index (χ3v) is 3.67. The van der Waals surface area contributed by atoms with E-state index in [2.05, 4.69) is 10.5 Å². The number of nitrogens with two attached hydrogens (primary N) is 1. The Balaban J connectivity index is 0.00000324. The van der Waals surface area contributed by atoms with E-state index in [0.29, 0.717) is 24.8 Å². The van der Waals surface area contributed by atoms with Gasteiger partial charge < -0.3 is 15.6 Å². The molecule has 1 aromatic heterocycles. The van der Waals surface area contributed by atoms with Gasteiger partial charge in [0, 0.05) is 17.9 Å². The lowest BCUT2D eigenvalue weighted by atomic mass is 10.2. The number of aromatic nitrogens is 1. The normalized spacial score (nSPS) is 11.8. The minimum atomic E-state index is 0. The van der Waals surface area contributed by atoms with Crippen molar-refractivity contribution in [2.45, 2.75) is 26.5 Å². The Morgan fingerprint density at radius 2 is 2.21 bits per heavy atom. The summed E-state index contributed by atoms with van der Waals surface area (Å²) in [4.78, 5) is 11.5. The number of nitrogens with one attached hydrogen (secondary N) is 1. The van der Waals surface area contributed by atoms with Gasteiger partial charge in [0.05, 0.1) is 11.4 Å². The van der Waals surface area contributed by atoms with Gasteiger partial charge in [-0.15, -0.1) is 24.2 Å². The molecule has 1 unspecified atom stereocenters. The minimum Gasteiger partial charge on any atom is -0.361 e. The number of amides is 1. The monoisotopic (exact) mass is 307 g/mol. The summed E-state index contributed by atoms with van der Waals surface area (Å²) in [5.41, 5.74) is 7.47. The van der Waals surface area contributed by atoms with Crippen LogP contribution in [0.4, 0.5) is 0 Å². The summed E-state index contributed by atoms with van der Waals surface area (Å²) in [6.07, 6.45) is 0. The molecule has 1 atom stereocenters. The molecular formula is C12H22ClN3O2S. The van der Waals surface area contributed by atoms with Gasteiger partial charge in [0.25, 0.3) is 0 Å². The fourth-order valence-electron chi connectivity index (χ4n) is 1.38. The molecule has 0 aliphatic heterocycles. The van der Waals surface area contributed by atoms with Crippen molar-refractivity contribution in [2.75, 3.05) is 18.8 Å². The number of rotatable bonds is 7. The van der Waals surface area contributed by atoms with Gasteiger partial charge in [-0.25, -0.2) is 0 Å². The van der Waals surface area contributed by atoms with Gasteiger partial charge in [-0.05, 0) is 26.3 Å². The summed E-state index contributed by atoms with van der Waals surface area (Å²) in [7, 11) is 0. The van der Waals surface area contributed by atoms with Crippen LogP contribution >= 0.6 is 24.2 Å². The maximum Gasteiger partial charge on any atom is 0.230 e. The fraction of sp³-hybridized carbons (Fsp3) is 0.667. The van der Waals surface area contributed by atoms with Gasteiger partial charge in [0.15, 0.2) is 0 Å². The number of hydrogen-bond acceptors (Lipinski definition) is 5. The highest BCUT2D eigenvalue weighted by Gasteiger charge is 2.10. The Labute approximate surface area is 124 Å². The zero-order valence-corrected chi connectivity index (χ0v) is 13.2. The number of thioether (sulfide) groups is 1. The highest BCUT2D eigenvalue weighted by atomic mass is 35.5. The predicted molar refractivity (Wildman–Crippen MR) is 80.6 cm³/mol. The Morgan fingerprint density at radius 1 is 1.53 bits per heavy atom. The van der Waals surface area contributed by atoms with Crippen molar-refractivity contribution >= 4 is 30.1 Å². The van der Waals surface area contributed by atoms with Crippen LogP contribution in [0.25, 0.3) is 0 Å². The SMILES string of the molecule is Cc1noc(C)c1CSCC(=O)NCC(C)CN.Cl. The number of carbonyl (C=O) groups excluding carboxylic acids is 1. The topological polar surface area (TPSA) is 81.2 Å². The average molecular weight is 308 g/mol. The number of carbonyl (C=O) groups is 1. The molecule has 0 aliphatic carbocycles. The van der Waals surface area contributed by atoms with Crippen LogP contribution in [0.5, 0.6) is 0 Å². The van der Waals surface area contributed by atoms with Crippen LogP contribution in [-0.4, -0.2) is 29.9 Å². The van der Waals surface area contributed by atoms with E-state index in [9.17, 15) is 4.79 Å². The van der Waals surface area contributed by atoms with Crippen LogP contribution in [0.3, 0.4) is 0 Å². The van der Waals surface area contributed by atoms with Gasteiger partial charge >= 0.3 is 0 Å². The van der Waals surface area contributed by atoms with Crippen molar-refractivity contribution in [3.63, 3.8) is 0 Å². The first-order valence-corrected chi connectivity index (χ1v) is 7.16. The largest absolute Gasteiger partial charge is 0.361 e. The van der Waals surface area contributed by atoms with Crippen molar-refractivity contribution < 1.29 is 9.32 Å². The summed E-state index contributed by atoms with van der Waals surface area (Å²) >= 11 is 1.56. The van der Waals surface area contributed by atoms with Crippen molar-refractivity contribution in [1.29, 1.82) is 0 Å². The molecule has 7 heteroatoms. The number of hydrogen-bond donors (Lipinski definition) is 2. The van der Waals surface area contributed by atoms with Gasteiger partial charge in [-0.1, -0.05) is 12.1 Å². The minimum absolute atomic E-state index is 0. The maximum atomic E-state index is 11.5. The van der Waals surface area contributed by atoms with E-state index in [1.807, 2.05) is 20.8 Å². The molecule has 0 bridgehead atoms. The molecule has 3 N–H and O–H groups in total. The molecule has 0 aromatic carbocycles. The van der Waals surface area contributed by atoms with E-state index in [4.69, 9.17) is 10.3 Å². The van der Waals surface area contributed by atoms with Crippen molar-refractivity contribution in [1.82, 2.24) is 10.5 Å². The maximum absolute atomic E-state index is 11.5. The lowest BCUT2D eigenvalue weighted by Gasteiger charge is -2.09. The number of nitrogens with zero attached hydrogens (tertiary/aromatic N) is 1. The number of aryl methyl sites for hydroxylation is 2. The molecule has 1 aromatic rings. The van der Waals surface area contributed by atoms with E-state index >= 15 is 0 Å². The molecule has 0 spiro atoms. The zero-order chi connectivity index (χ0) is 13.5. The summed E-state index contributed by atoms with van der Waals surface area (Å²) < 4.78 is 5.07. The molecule has 0 aliphatic rings. The van der Waals surface area contributed by atoms with Crippen LogP contribution < -0.4 is 11.1 Å². The van der Waals surface area contributed by atoms with E-state index in [1.54, 1.807) is 11.8 Å². The fourth-order valence-corrected chi connectivity index (χ4v) is 2.38. The molecule has 0 radical (unpaired) electrons. The first-order valence-electron chi connectivity index (χ1n) is 6.00. The molecule has 0 fully saturated rings. The first-order chi connectivity index (χ1) is 8.54. The van der Waals surface area contributed by atoms with E-state index in [0.717, 1.165) is 22.8 Å². The second kappa shape index (κ2) is 9.23. The first kappa shape index (κ1) is 18.3.